The van der Waals surface area contributed by atoms with Crippen LogP contribution in [0.3, 0.4) is 0 Å². The summed E-state index contributed by atoms with van der Waals surface area (Å²) in [6.45, 7) is 1.24. The molecule has 1 aliphatic carbocycles. The molecule has 3 aromatic carbocycles. The van der Waals surface area contributed by atoms with Gasteiger partial charge in [0.1, 0.15) is 12.5 Å². The highest BCUT2D eigenvalue weighted by Gasteiger charge is 2.24. The second-order valence-corrected chi connectivity index (χ2v) is 9.12. The Morgan fingerprint density at radius 2 is 1.36 bits per heavy atom. The highest BCUT2D eigenvalue weighted by Crippen LogP contribution is 2.37. The maximum absolute atomic E-state index is 14.3. The van der Waals surface area contributed by atoms with E-state index < -0.39 is 24.1 Å². The Bertz CT molecular complexity index is 1160. The van der Waals surface area contributed by atoms with Crippen molar-refractivity contribution in [3.63, 3.8) is 0 Å². The Balaban J connectivity index is 1.29. The number of allylic oxidation sites excluding steroid dienone is 1. The molecule has 1 aliphatic rings. The van der Waals surface area contributed by atoms with Gasteiger partial charge in [0.05, 0.1) is 13.2 Å². The third-order valence-electron chi connectivity index (χ3n) is 6.71. The summed E-state index contributed by atoms with van der Waals surface area (Å²) in [4.78, 5) is 0. The highest BCUT2D eigenvalue weighted by atomic mass is 19.2. The SMILES string of the molecule is CCOc1ccc(OCC2CCC(c3ccc(-c4ccc(C=C(F)CF)cc4)cc3)CC2)c(F)c1F. The number of hydrogen-bond donors (Lipinski definition) is 0. The molecule has 0 heterocycles. The first-order chi connectivity index (χ1) is 17.5. The fourth-order valence-corrected chi connectivity index (χ4v) is 4.70. The van der Waals surface area contributed by atoms with Crippen LogP contribution in [-0.2, 0) is 0 Å². The summed E-state index contributed by atoms with van der Waals surface area (Å²) in [7, 11) is 0. The molecule has 0 saturated heterocycles. The fraction of sp³-hybridized carbons (Fsp3) is 0.333. The number of halogens is 4. The van der Waals surface area contributed by atoms with Crippen LogP contribution in [0, 0.1) is 17.6 Å². The maximum atomic E-state index is 14.3. The van der Waals surface area contributed by atoms with E-state index in [9.17, 15) is 17.6 Å². The van der Waals surface area contributed by atoms with Crippen molar-refractivity contribution in [1.29, 1.82) is 0 Å². The summed E-state index contributed by atoms with van der Waals surface area (Å²) in [6.07, 6.45) is 5.13. The summed E-state index contributed by atoms with van der Waals surface area (Å²) < 4.78 is 64.4. The first-order valence-electron chi connectivity index (χ1n) is 12.3. The van der Waals surface area contributed by atoms with Gasteiger partial charge < -0.3 is 9.47 Å². The van der Waals surface area contributed by atoms with Crippen molar-refractivity contribution in [3.05, 3.63) is 89.3 Å². The van der Waals surface area contributed by atoms with Crippen molar-refractivity contribution in [2.75, 3.05) is 19.9 Å². The summed E-state index contributed by atoms with van der Waals surface area (Å²) in [6, 6.07) is 18.6. The second-order valence-electron chi connectivity index (χ2n) is 9.12. The van der Waals surface area contributed by atoms with Crippen molar-refractivity contribution < 1.29 is 27.0 Å². The van der Waals surface area contributed by atoms with Crippen LogP contribution >= 0.6 is 0 Å². The van der Waals surface area contributed by atoms with Gasteiger partial charge in [0.25, 0.3) is 0 Å². The lowest BCUT2D eigenvalue weighted by atomic mass is 9.79. The zero-order valence-corrected chi connectivity index (χ0v) is 20.3. The first kappa shape index (κ1) is 25.8. The van der Waals surface area contributed by atoms with Gasteiger partial charge in [0, 0.05) is 0 Å². The smallest absolute Gasteiger partial charge is 0.204 e. The van der Waals surface area contributed by atoms with E-state index in [2.05, 4.69) is 24.3 Å². The van der Waals surface area contributed by atoms with E-state index in [1.807, 2.05) is 12.1 Å². The molecule has 0 spiro atoms. The molecule has 1 fully saturated rings. The predicted octanol–water partition coefficient (Wildman–Crippen LogP) is 8.66. The van der Waals surface area contributed by atoms with Crippen LogP contribution in [0.1, 0.15) is 49.7 Å². The number of ether oxygens (including phenoxy) is 2. The van der Waals surface area contributed by atoms with E-state index in [4.69, 9.17) is 9.47 Å². The van der Waals surface area contributed by atoms with Crippen molar-refractivity contribution in [3.8, 4) is 22.6 Å². The van der Waals surface area contributed by atoms with E-state index in [0.717, 1.165) is 36.8 Å². The molecule has 0 aromatic heterocycles. The standard InChI is InChI=1S/C30H30F4O2/c1-2-35-27-15-16-28(30(34)29(27)33)36-19-21-5-9-23(10-6-21)25-13-11-24(12-14-25)22-7-3-20(4-8-22)17-26(32)18-31/h3-4,7-8,11-17,21,23H,2,5-6,9-10,18-19H2,1H3. The van der Waals surface area contributed by atoms with Crippen molar-refractivity contribution >= 4 is 6.08 Å². The van der Waals surface area contributed by atoms with E-state index in [1.54, 1.807) is 19.1 Å². The predicted molar refractivity (Wildman–Crippen MR) is 135 cm³/mol. The van der Waals surface area contributed by atoms with Crippen LogP contribution in [0.15, 0.2) is 66.5 Å². The molecule has 0 amide bonds. The molecule has 1 saturated carbocycles. The van der Waals surface area contributed by atoms with Gasteiger partial charge in [-0.2, -0.15) is 8.78 Å². The molecule has 190 valence electrons. The Morgan fingerprint density at radius 1 is 0.806 bits per heavy atom. The lowest BCUT2D eigenvalue weighted by molar-refractivity contribution is 0.191. The molecule has 0 aliphatic heterocycles. The zero-order valence-electron chi connectivity index (χ0n) is 20.3. The number of rotatable bonds is 9. The van der Waals surface area contributed by atoms with Crippen molar-refractivity contribution in [2.24, 2.45) is 5.92 Å². The normalized spacial score (nSPS) is 18.2. The Hall–Kier alpha value is -3.28. The molecule has 0 unspecified atom stereocenters. The largest absolute Gasteiger partial charge is 0.491 e. The van der Waals surface area contributed by atoms with Crippen LogP contribution in [-0.4, -0.2) is 19.9 Å². The molecule has 6 heteroatoms. The molecule has 36 heavy (non-hydrogen) atoms. The molecular formula is C30H30F4O2. The number of alkyl halides is 1. The number of benzene rings is 3. The highest BCUT2D eigenvalue weighted by molar-refractivity contribution is 5.66. The van der Waals surface area contributed by atoms with Gasteiger partial charge in [0.2, 0.25) is 11.6 Å². The molecule has 2 nitrogen and oxygen atoms in total. The molecule has 0 atom stereocenters. The Kier molecular flexibility index (Phi) is 8.68. The third kappa shape index (κ3) is 6.28. The van der Waals surface area contributed by atoms with Gasteiger partial charge in [0.15, 0.2) is 11.5 Å². The van der Waals surface area contributed by atoms with E-state index >= 15 is 0 Å². The topological polar surface area (TPSA) is 18.5 Å². The second kappa shape index (κ2) is 12.1. The molecule has 4 rings (SSSR count). The summed E-state index contributed by atoms with van der Waals surface area (Å²) in [5.41, 5.74) is 3.98. The van der Waals surface area contributed by atoms with Crippen molar-refractivity contribution in [1.82, 2.24) is 0 Å². The lowest BCUT2D eigenvalue weighted by Gasteiger charge is -2.29. The van der Waals surface area contributed by atoms with E-state index in [-0.39, 0.29) is 18.1 Å². The molecule has 3 aromatic rings. The van der Waals surface area contributed by atoms with Gasteiger partial charge in [-0.15, -0.1) is 0 Å². The van der Waals surface area contributed by atoms with Crippen molar-refractivity contribution in [2.45, 2.75) is 38.5 Å². The van der Waals surface area contributed by atoms with Gasteiger partial charge in [-0.3, -0.25) is 0 Å². The van der Waals surface area contributed by atoms with E-state index in [0.29, 0.717) is 24.0 Å². The van der Waals surface area contributed by atoms with Gasteiger partial charge in [-0.05, 0) is 84.9 Å². The van der Waals surface area contributed by atoms with Gasteiger partial charge in [-0.1, -0.05) is 48.5 Å². The third-order valence-corrected chi connectivity index (χ3v) is 6.71. The summed E-state index contributed by atoms with van der Waals surface area (Å²) in [5.74, 6) is -2.24. The van der Waals surface area contributed by atoms with Gasteiger partial charge >= 0.3 is 0 Å². The molecular weight excluding hydrogens is 468 g/mol. The minimum Gasteiger partial charge on any atom is -0.491 e. The monoisotopic (exact) mass is 498 g/mol. The van der Waals surface area contributed by atoms with Crippen LogP contribution in [0.4, 0.5) is 17.6 Å². The molecule has 0 bridgehead atoms. The van der Waals surface area contributed by atoms with Crippen LogP contribution in [0.5, 0.6) is 11.5 Å². The van der Waals surface area contributed by atoms with Crippen LogP contribution in [0.2, 0.25) is 0 Å². The van der Waals surface area contributed by atoms with E-state index in [1.165, 1.54) is 23.8 Å². The van der Waals surface area contributed by atoms with Crippen LogP contribution < -0.4 is 9.47 Å². The zero-order chi connectivity index (χ0) is 25.5. The first-order valence-corrected chi connectivity index (χ1v) is 12.3. The Labute approximate surface area is 209 Å². The summed E-state index contributed by atoms with van der Waals surface area (Å²) >= 11 is 0. The fourth-order valence-electron chi connectivity index (χ4n) is 4.70. The minimum atomic E-state index is -1.10. The lowest BCUT2D eigenvalue weighted by Crippen LogP contribution is -2.19. The average molecular weight is 499 g/mol. The maximum Gasteiger partial charge on any atom is 0.204 e. The minimum absolute atomic E-state index is 0.0785. The molecule has 0 radical (unpaired) electrons. The quantitative estimate of drug-likeness (QED) is 0.275. The molecule has 0 N–H and O–H groups in total. The average Bonchev–Trinajstić information content (AvgIpc) is 2.92. The summed E-state index contributed by atoms with van der Waals surface area (Å²) in [5, 5.41) is 0. The Morgan fingerprint density at radius 3 is 1.92 bits per heavy atom. The van der Waals surface area contributed by atoms with Crippen LogP contribution in [0.25, 0.3) is 17.2 Å². The number of hydrogen-bond acceptors (Lipinski definition) is 2. The van der Waals surface area contributed by atoms with Gasteiger partial charge in [-0.25, -0.2) is 8.78 Å².